The van der Waals surface area contributed by atoms with Crippen molar-refractivity contribution in [1.29, 1.82) is 0 Å². The molecule has 0 aromatic heterocycles. The molecule has 0 fully saturated rings. The van der Waals surface area contributed by atoms with Gasteiger partial charge < -0.3 is 0 Å². The van der Waals surface area contributed by atoms with Crippen LogP contribution in [0.15, 0.2) is 16.6 Å². The number of nitrogens with zero attached hydrogens (tertiary/aromatic N) is 1. The molecule has 0 aliphatic heterocycles. The van der Waals surface area contributed by atoms with Crippen molar-refractivity contribution in [2.75, 3.05) is 0 Å². The lowest BCUT2D eigenvalue weighted by Gasteiger charge is -2.10. The zero-order valence-electron chi connectivity index (χ0n) is 7.76. The molecule has 0 spiro atoms. The lowest BCUT2D eigenvalue weighted by atomic mass is 10.1. The van der Waals surface area contributed by atoms with Crippen molar-refractivity contribution in [1.82, 2.24) is 0 Å². The monoisotopic (exact) mass is 319 g/mol. The van der Waals surface area contributed by atoms with Crippen LogP contribution in [0.2, 0.25) is 0 Å². The summed E-state index contributed by atoms with van der Waals surface area (Å²) in [4.78, 5) is 9.31. The van der Waals surface area contributed by atoms with Crippen LogP contribution in [0.1, 0.15) is 17.6 Å². The maximum Gasteiger partial charge on any atom is 0.416 e. The summed E-state index contributed by atoms with van der Waals surface area (Å²) < 4.78 is 61.2. The zero-order valence-corrected chi connectivity index (χ0v) is 9.35. The molecule has 1 rings (SSSR count). The van der Waals surface area contributed by atoms with Crippen molar-refractivity contribution in [3.8, 4) is 0 Å². The molecule has 0 radical (unpaired) electrons. The van der Waals surface area contributed by atoms with Crippen molar-refractivity contribution in [2.24, 2.45) is 0 Å². The Morgan fingerprint density at radius 2 is 1.82 bits per heavy atom. The summed E-state index contributed by atoms with van der Waals surface area (Å²) in [6.45, 7) is 0. The third-order valence-electron chi connectivity index (χ3n) is 1.84. The van der Waals surface area contributed by atoms with Crippen LogP contribution in [0.3, 0.4) is 0 Å². The largest absolute Gasteiger partial charge is 0.416 e. The number of hydrogen-bond donors (Lipinski definition) is 0. The highest BCUT2D eigenvalue weighted by molar-refractivity contribution is 9.10. The normalized spacial score (nSPS) is 11.9. The predicted molar refractivity (Wildman–Crippen MR) is 50.8 cm³/mol. The molecule has 0 unspecified atom stereocenters. The molecule has 0 aliphatic carbocycles. The van der Waals surface area contributed by atoms with E-state index in [4.69, 9.17) is 0 Å². The summed E-state index contributed by atoms with van der Waals surface area (Å²) in [6, 6.07) is 0.470. The van der Waals surface area contributed by atoms with E-state index in [1.807, 2.05) is 0 Å². The Morgan fingerprint density at radius 1 is 1.29 bits per heavy atom. The molecule has 0 amide bonds. The summed E-state index contributed by atoms with van der Waals surface area (Å²) in [6.07, 6.45) is -8.21. The van der Waals surface area contributed by atoms with Gasteiger partial charge in [-0.3, -0.25) is 10.1 Å². The van der Waals surface area contributed by atoms with Crippen LogP contribution < -0.4 is 0 Å². The second-order valence-electron chi connectivity index (χ2n) is 2.95. The van der Waals surface area contributed by atoms with Gasteiger partial charge in [0.05, 0.1) is 20.5 Å². The standard InChI is InChI=1S/C8H3BrF5NO2/c9-5-2-3(8(12,13)14)1-4(7(10)11)6(5)15(16)17/h1-2,7H. The van der Waals surface area contributed by atoms with Crippen LogP contribution in [-0.4, -0.2) is 4.92 Å². The highest BCUT2D eigenvalue weighted by Gasteiger charge is 2.35. The molecular weight excluding hydrogens is 317 g/mol. The van der Waals surface area contributed by atoms with Gasteiger partial charge in [0.15, 0.2) is 0 Å². The summed E-state index contributed by atoms with van der Waals surface area (Å²) in [5.41, 5.74) is -3.70. The highest BCUT2D eigenvalue weighted by Crippen LogP contribution is 2.40. The Hall–Kier alpha value is -1.25. The average molecular weight is 320 g/mol. The van der Waals surface area contributed by atoms with Crippen LogP contribution in [0.5, 0.6) is 0 Å². The van der Waals surface area contributed by atoms with Gasteiger partial charge in [0.25, 0.3) is 12.1 Å². The van der Waals surface area contributed by atoms with Gasteiger partial charge in [-0.25, -0.2) is 8.78 Å². The Balaban J connectivity index is 3.52. The number of nitro benzene ring substituents is 1. The summed E-state index contributed by atoms with van der Waals surface area (Å²) in [5.74, 6) is 0. The number of benzene rings is 1. The quantitative estimate of drug-likeness (QED) is 0.463. The van der Waals surface area contributed by atoms with Gasteiger partial charge in [0, 0.05) is 0 Å². The van der Waals surface area contributed by atoms with Crippen molar-refractivity contribution in [3.63, 3.8) is 0 Å². The second kappa shape index (κ2) is 4.55. The first-order valence-electron chi connectivity index (χ1n) is 3.97. The maximum absolute atomic E-state index is 12.4. The topological polar surface area (TPSA) is 43.1 Å². The van der Waals surface area contributed by atoms with E-state index in [1.54, 1.807) is 0 Å². The zero-order chi connectivity index (χ0) is 13.4. The van der Waals surface area contributed by atoms with E-state index in [0.29, 0.717) is 6.07 Å². The Morgan fingerprint density at radius 3 is 2.18 bits per heavy atom. The van der Waals surface area contributed by atoms with E-state index in [-0.39, 0.29) is 6.07 Å². The number of nitro groups is 1. The molecule has 17 heavy (non-hydrogen) atoms. The first kappa shape index (κ1) is 13.8. The molecule has 0 aliphatic rings. The third-order valence-corrected chi connectivity index (χ3v) is 2.44. The predicted octanol–water partition coefficient (Wildman–Crippen LogP) is 4.31. The molecule has 0 heterocycles. The first-order valence-corrected chi connectivity index (χ1v) is 4.77. The first-order chi connectivity index (χ1) is 7.64. The van der Waals surface area contributed by atoms with Crippen LogP contribution >= 0.6 is 15.9 Å². The van der Waals surface area contributed by atoms with Crippen molar-refractivity contribution in [3.05, 3.63) is 37.8 Å². The van der Waals surface area contributed by atoms with E-state index >= 15 is 0 Å². The molecular formula is C8H3BrF5NO2. The minimum absolute atomic E-state index is 0.0769. The highest BCUT2D eigenvalue weighted by atomic mass is 79.9. The summed E-state index contributed by atoms with van der Waals surface area (Å²) >= 11 is 2.48. The Kier molecular flexibility index (Phi) is 3.70. The molecule has 1 aromatic rings. The molecule has 0 bridgehead atoms. The van der Waals surface area contributed by atoms with Gasteiger partial charge in [0.2, 0.25) is 0 Å². The minimum atomic E-state index is -4.85. The fourth-order valence-corrected chi connectivity index (χ4v) is 1.76. The lowest BCUT2D eigenvalue weighted by molar-refractivity contribution is -0.387. The molecule has 0 saturated carbocycles. The fraction of sp³-hybridized carbons (Fsp3) is 0.250. The fourth-order valence-electron chi connectivity index (χ4n) is 1.14. The van der Waals surface area contributed by atoms with Gasteiger partial charge in [-0.1, -0.05) is 0 Å². The smallest absolute Gasteiger partial charge is 0.258 e. The van der Waals surface area contributed by atoms with E-state index in [0.717, 1.165) is 0 Å². The molecule has 3 nitrogen and oxygen atoms in total. The number of alkyl halides is 5. The van der Waals surface area contributed by atoms with Gasteiger partial charge in [0.1, 0.15) is 0 Å². The van der Waals surface area contributed by atoms with Crippen LogP contribution in [0.4, 0.5) is 27.6 Å². The maximum atomic E-state index is 12.4. The third kappa shape index (κ3) is 2.90. The van der Waals surface area contributed by atoms with E-state index in [2.05, 4.69) is 15.9 Å². The average Bonchev–Trinajstić information content (AvgIpc) is 2.13. The summed E-state index contributed by atoms with van der Waals surface area (Å²) in [7, 11) is 0. The molecule has 1 aromatic carbocycles. The van der Waals surface area contributed by atoms with E-state index in [1.165, 1.54) is 0 Å². The van der Waals surface area contributed by atoms with Crippen LogP contribution in [0, 0.1) is 10.1 Å². The van der Waals surface area contributed by atoms with E-state index < -0.39 is 38.8 Å². The molecule has 9 heteroatoms. The lowest BCUT2D eigenvalue weighted by Crippen LogP contribution is -2.08. The Labute approximate surface area is 99.5 Å². The molecule has 94 valence electrons. The number of rotatable bonds is 2. The molecule has 0 atom stereocenters. The van der Waals surface area contributed by atoms with Gasteiger partial charge in [-0.15, -0.1) is 0 Å². The van der Waals surface area contributed by atoms with Crippen LogP contribution in [0.25, 0.3) is 0 Å². The van der Waals surface area contributed by atoms with Gasteiger partial charge in [-0.2, -0.15) is 13.2 Å². The van der Waals surface area contributed by atoms with Crippen molar-refractivity contribution in [2.45, 2.75) is 12.6 Å². The molecule has 0 saturated heterocycles. The van der Waals surface area contributed by atoms with Crippen molar-refractivity contribution >= 4 is 21.6 Å². The number of hydrogen-bond acceptors (Lipinski definition) is 2. The summed E-state index contributed by atoms with van der Waals surface area (Å²) in [5, 5.41) is 10.5. The number of halogens is 6. The van der Waals surface area contributed by atoms with Crippen LogP contribution in [-0.2, 0) is 6.18 Å². The molecule has 0 N–H and O–H groups in total. The SMILES string of the molecule is O=[N+]([O-])c1c(Br)cc(C(F)(F)F)cc1C(F)F. The van der Waals surface area contributed by atoms with Gasteiger partial charge >= 0.3 is 6.18 Å². The minimum Gasteiger partial charge on any atom is -0.258 e. The van der Waals surface area contributed by atoms with Gasteiger partial charge in [-0.05, 0) is 28.1 Å². The van der Waals surface area contributed by atoms with Crippen molar-refractivity contribution < 1.29 is 26.9 Å². The Bertz CT molecular complexity index is 460. The van der Waals surface area contributed by atoms with E-state index in [9.17, 15) is 32.1 Å². The second-order valence-corrected chi connectivity index (χ2v) is 3.81.